The van der Waals surface area contributed by atoms with Crippen molar-refractivity contribution in [2.24, 2.45) is 0 Å². The van der Waals surface area contributed by atoms with E-state index in [-0.39, 0.29) is 24.6 Å². The van der Waals surface area contributed by atoms with E-state index in [1.165, 1.54) is 0 Å². The molecule has 3 aromatic rings. The molecule has 2 unspecified atom stereocenters. The van der Waals surface area contributed by atoms with E-state index >= 15 is 0 Å². The molecule has 27 heavy (non-hydrogen) atoms. The zero-order chi connectivity index (χ0) is 18.6. The summed E-state index contributed by atoms with van der Waals surface area (Å²) in [5, 5.41) is 7.45. The van der Waals surface area contributed by atoms with Crippen molar-refractivity contribution in [1.82, 2.24) is 10.6 Å². The molecule has 1 saturated heterocycles. The Morgan fingerprint density at radius 3 is 2.78 bits per heavy atom. The summed E-state index contributed by atoms with van der Waals surface area (Å²) < 4.78 is 11.8. The van der Waals surface area contributed by atoms with Crippen LogP contribution in [0, 0.1) is 0 Å². The van der Waals surface area contributed by atoms with E-state index in [1.807, 2.05) is 54.6 Å². The van der Waals surface area contributed by atoms with E-state index < -0.39 is 0 Å². The molecule has 1 amide bonds. The minimum atomic E-state index is -0.182. The van der Waals surface area contributed by atoms with Crippen LogP contribution in [0.15, 0.2) is 59.0 Å². The van der Waals surface area contributed by atoms with Gasteiger partial charge in [0.25, 0.3) is 5.91 Å². The quantitative estimate of drug-likeness (QED) is 0.721. The topological polar surface area (TPSA) is 63.5 Å². The molecule has 0 radical (unpaired) electrons. The Labute approximate surface area is 158 Å². The van der Waals surface area contributed by atoms with Crippen LogP contribution in [0.2, 0.25) is 0 Å². The summed E-state index contributed by atoms with van der Waals surface area (Å²) in [5.41, 5.74) is 1.48. The van der Waals surface area contributed by atoms with Crippen LogP contribution in [0.25, 0.3) is 11.0 Å². The molecule has 1 aliphatic rings. The standard InChI is InChI=1S/C22H24N2O3/c1-15-19(11-7-13-23-15)24-22(25)21-18(14-26-16-8-3-2-4-9-16)17-10-5-6-12-20(17)27-21/h2-6,8-10,12,15,19,23H,7,11,13-14H2,1H3,(H,24,25). The fourth-order valence-corrected chi connectivity index (χ4v) is 3.57. The van der Waals surface area contributed by atoms with Crippen LogP contribution < -0.4 is 15.4 Å². The molecule has 5 nitrogen and oxygen atoms in total. The second-order valence-electron chi connectivity index (χ2n) is 6.97. The average Bonchev–Trinajstić information content (AvgIpc) is 3.08. The number of carbonyl (C=O) groups excluding carboxylic acids is 1. The fourth-order valence-electron chi connectivity index (χ4n) is 3.57. The lowest BCUT2D eigenvalue weighted by atomic mass is 9.99. The third-order valence-corrected chi connectivity index (χ3v) is 5.11. The van der Waals surface area contributed by atoms with Gasteiger partial charge >= 0.3 is 0 Å². The SMILES string of the molecule is CC1NCCCC1NC(=O)c1oc2ccccc2c1COc1ccccc1. The average molecular weight is 364 g/mol. The van der Waals surface area contributed by atoms with Crippen molar-refractivity contribution in [1.29, 1.82) is 0 Å². The third-order valence-electron chi connectivity index (χ3n) is 5.11. The van der Waals surface area contributed by atoms with Gasteiger partial charge in [-0.15, -0.1) is 0 Å². The summed E-state index contributed by atoms with van der Waals surface area (Å²) in [6.07, 6.45) is 2.02. The lowest BCUT2D eigenvalue weighted by Crippen LogP contribution is -2.51. The predicted molar refractivity (Wildman–Crippen MR) is 105 cm³/mol. The lowest BCUT2D eigenvalue weighted by molar-refractivity contribution is 0.0890. The molecule has 1 aromatic heterocycles. The highest BCUT2D eigenvalue weighted by Gasteiger charge is 2.27. The zero-order valence-corrected chi connectivity index (χ0v) is 15.4. The van der Waals surface area contributed by atoms with Gasteiger partial charge in [-0.1, -0.05) is 36.4 Å². The van der Waals surface area contributed by atoms with Crippen molar-refractivity contribution in [3.63, 3.8) is 0 Å². The fraction of sp³-hybridized carbons (Fsp3) is 0.318. The molecule has 4 rings (SSSR count). The van der Waals surface area contributed by atoms with Crippen LogP contribution in [-0.4, -0.2) is 24.5 Å². The first-order valence-corrected chi connectivity index (χ1v) is 9.45. The van der Waals surface area contributed by atoms with Gasteiger partial charge in [-0.05, 0) is 44.5 Å². The molecule has 2 aromatic carbocycles. The smallest absolute Gasteiger partial charge is 0.287 e. The van der Waals surface area contributed by atoms with Gasteiger partial charge in [0.05, 0.1) is 0 Å². The van der Waals surface area contributed by atoms with Crippen molar-refractivity contribution in [3.05, 3.63) is 65.9 Å². The number of amides is 1. The molecule has 2 heterocycles. The van der Waals surface area contributed by atoms with Crippen LogP contribution in [0.3, 0.4) is 0 Å². The molecule has 5 heteroatoms. The summed E-state index contributed by atoms with van der Waals surface area (Å²) in [4.78, 5) is 13.0. The van der Waals surface area contributed by atoms with Crippen LogP contribution in [0.5, 0.6) is 5.75 Å². The maximum absolute atomic E-state index is 13.0. The Morgan fingerprint density at radius 2 is 1.96 bits per heavy atom. The number of hydrogen-bond acceptors (Lipinski definition) is 4. The van der Waals surface area contributed by atoms with Gasteiger partial charge in [-0.25, -0.2) is 0 Å². The largest absolute Gasteiger partial charge is 0.489 e. The molecule has 2 atom stereocenters. The maximum Gasteiger partial charge on any atom is 0.287 e. The number of ether oxygens (including phenoxy) is 1. The minimum absolute atomic E-state index is 0.0994. The van der Waals surface area contributed by atoms with Gasteiger partial charge in [0.15, 0.2) is 5.76 Å². The third kappa shape index (κ3) is 3.83. The summed E-state index contributed by atoms with van der Waals surface area (Å²) in [7, 11) is 0. The van der Waals surface area contributed by atoms with Crippen LogP contribution >= 0.6 is 0 Å². The summed E-state index contributed by atoms with van der Waals surface area (Å²) in [6, 6.07) is 17.6. The molecule has 0 bridgehead atoms. The lowest BCUT2D eigenvalue weighted by Gasteiger charge is -2.30. The van der Waals surface area contributed by atoms with Crippen molar-refractivity contribution in [2.45, 2.75) is 38.5 Å². The Morgan fingerprint density at radius 1 is 1.19 bits per heavy atom. The van der Waals surface area contributed by atoms with E-state index in [0.29, 0.717) is 11.3 Å². The van der Waals surface area contributed by atoms with Gasteiger partial charge in [0, 0.05) is 23.0 Å². The first-order valence-electron chi connectivity index (χ1n) is 9.45. The van der Waals surface area contributed by atoms with Crippen LogP contribution in [-0.2, 0) is 6.61 Å². The number of hydrogen-bond donors (Lipinski definition) is 2. The number of fused-ring (bicyclic) bond motifs is 1. The number of benzene rings is 2. The molecule has 1 fully saturated rings. The van der Waals surface area contributed by atoms with Gasteiger partial charge in [0.2, 0.25) is 0 Å². The Balaban J connectivity index is 1.60. The highest BCUT2D eigenvalue weighted by atomic mass is 16.5. The first-order chi connectivity index (χ1) is 13.2. The second kappa shape index (κ2) is 7.84. The van der Waals surface area contributed by atoms with Crippen molar-refractivity contribution in [2.75, 3.05) is 6.54 Å². The normalized spacial score (nSPS) is 19.7. The van der Waals surface area contributed by atoms with Gasteiger partial charge in [-0.2, -0.15) is 0 Å². The molecule has 0 spiro atoms. The number of para-hydroxylation sites is 2. The van der Waals surface area contributed by atoms with E-state index in [4.69, 9.17) is 9.15 Å². The van der Waals surface area contributed by atoms with Gasteiger partial charge in [0.1, 0.15) is 17.9 Å². The Bertz CT molecular complexity index is 920. The molecule has 140 valence electrons. The van der Waals surface area contributed by atoms with Crippen LogP contribution in [0.1, 0.15) is 35.9 Å². The van der Waals surface area contributed by atoms with E-state index in [1.54, 1.807) is 0 Å². The van der Waals surface area contributed by atoms with Gasteiger partial charge in [-0.3, -0.25) is 4.79 Å². The summed E-state index contributed by atoms with van der Waals surface area (Å²) in [6.45, 7) is 3.37. The number of carbonyl (C=O) groups is 1. The summed E-state index contributed by atoms with van der Waals surface area (Å²) in [5.74, 6) is 0.919. The molecule has 0 aliphatic carbocycles. The minimum Gasteiger partial charge on any atom is -0.489 e. The highest BCUT2D eigenvalue weighted by Crippen LogP contribution is 2.27. The van der Waals surface area contributed by atoms with Crippen molar-refractivity contribution >= 4 is 16.9 Å². The number of rotatable bonds is 5. The van der Waals surface area contributed by atoms with Crippen molar-refractivity contribution < 1.29 is 13.9 Å². The second-order valence-corrected chi connectivity index (χ2v) is 6.97. The van der Waals surface area contributed by atoms with E-state index in [9.17, 15) is 4.79 Å². The maximum atomic E-state index is 13.0. The van der Waals surface area contributed by atoms with Gasteiger partial charge < -0.3 is 19.8 Å². The number of nitrogens with one attached hydrogen (secondary N) is 2. The monoisotopic (exact) mass is 364 g/mol. The number of piperidine rings is 1. The molecule has 1 aliphatic heterocycles. The zero-order valence-electron chi connectivity index (χ0n) is 15.4. The molecular weight excluding hydrogens is 340 g/mol. The van der Waals surface area contributed by atoms with Crippen molar-refractivity contribution in [3.8, 4) is 5.75 Å². The van der Waals surface area contributed by atoms with E-state index in [2.05, 4.69) is 17.6 Å². The predicted octanol–water partition coefficient (Wildman–Crippen LogP) is 3.88. The molecule has 0 saturated carbocycles. The summed E-state index contributed by atoms with van der Waals surface area (Å²) >= 11 is 0. The molecule has 2 N–H and O–H groups in total. The first kappa shape index (κ1) is 17.6. The van der Waals surface area contributed by atoms with E-state index in [0.717, 1.165) is 36.1 Å². The highest BCUT2D eigenvalue weighted by molar-refractivity contribution is 5.99. The Kier molecular flexibility index (Phi) is 5.12. The Hall–Kier alpha value is -2.79. The number of furan rings is 1. The van der Waals surface area contributed by atoms with Crippen LogP contribution in [0.4, 0.5) is 0 Å². The molecular formula is C22H24N2O3.